The van der Waals surface area contributed by atoms with Crippen LogP contribution < -0.4 is 5.73 Å². The van der Waals surface area contributed by atoms with E-state index in [4.69, 9.17) is 5.73 Å². The molecule has 0 fully saturated rings. The lowest BCUT2D eigenvalue weighted by Crippen LogP contribution is -2.08. The Kier molecular flexibility index (Phi) is 5.01. The van der Waals surface area contributed by atoms with Crippen LogP contribution in [0, 0.1) is 0 Å². The summed E-state index contributed by atoms with van der Waals surface area (Å²) >= 11 is 0. The van der Waals surface area contributed by atoms with Crippen molar-refractivity contribution in [1.82, 2.24) is 9.55 Å². The minimum absolute atomic E-state index is 0.358. The molecule has 3 aromatic rings. The SMILES string of the molecule is CS(=O)(=O)c1ccccc1Cc1nccn1Cc1ccc(CN)cc1. The van der Waals surface area contributed by atoms with Gasteiger partial charge in [-0.05, 0) is 22.8 Å². The van der Waals surface area contributed by atoms with Gasteiger partial charge in [0.15, 0.2) is 9.84 Å². The molecule has 3 rings (SSSR count). The zero-order chi connectivity index (χ0) is 17.9. The van der Waals surface area contributed by atoms with Crippen LogP contribution in [0.2, 0.25) is 0 Å². The summed E-state index contributed by atoms with van der Waals surface area (Å²) < 4.78 is 26.0. The number of hydrogen-bond acceptors (Lipinski definition) is 4. The van der Waals surface area contributed by atoms with E-state index in [0.29, 0.717) is 24.4 Å². The highest BCUT2D eigenvalue weighted by molar-refractivity contribution is 7.90. The first-order chi connectivity index (χ1) is 12.0. The van der Waals surface area contributed by atoms with Gasteiger partial charge in [0.1, 0.15) is 5.82 Å². The molecule has 0 saturated carbocycles. The first-order valence-electron chi connectivity index (χ1n) is 8.03. The van der Waals surface area contributed by atoms with Gasteiger partial charge in [0, 0.05) is 38.2 Å². The lowest BCUT2D eigenvalue weighted by atomic mass is 10.1. The van der Waals surface area contributed by atoms with Crippen molar-refractivity contribution in [1.29, 1.82) is 0 Å². The summed E-state index contributed by atoms with van der Waals surface area (Å²) in [5.74, 6) is 0.832. The third-order valence-corrected chi connectivity index (χ3v) is 5.33. The molecule has 0 aliphatic rings. The Labute approximate surface area is 148 Å². The number of benzene rings is 2. The van der Waals surface area contributed by atoms with Crippen LogP contribution in [0.1, 0.15) is 22.5 Å². The molecule has 0 spiro atoms. The van der Waals surface area contributed by atoms with E-state index in [-0.39, 0.29) is 0 Å². The summed E-state index contributed by atoms with van der Waals surface area (Å²) in [6.45, 7) is 1.21. The first kappa shape index (κ1) is 17.4. The van der Waals surface area contributed by atoms with Gasteiger partial charge in [0.2, 0.25) is 0 Å². The molecule has 0 bridgehead atoms. The van der Waals surface area contributed by atoms with Crippen LogP contribution in [-0.2, 0) is 29.3 Å². The molecule has 0 unspecified atom stereocenters. The lowest BCUT2D eigenvalue weighted by molar-refractivity contribution is 0.600. The number of hydrogen-bond donors (Lipinski definition) is 1. The van der Waals surface area contributed by atoms with Crippen LogP contribution in [0.15, 0.2) is 65.8 Å². The van der Waals surface area contributed by atoms with Crippen LogP contribution in [-0.4, -0.2) is 24.2 Å². The molecule has 1 aromatic heterocycles. The fourth-order valence-electron chi connectivity index (χ4n) is 2.81. The summed E-state index contributed by atoms with van der Waals surface area (Å²) in [6.07, 6.45) is 5.36. The third-order valence-electron chi connectivity index (χ3n) is 4.13. The van der Waals surface area contributed by atoms with Gasteiger partial charge in [-0.25, -0.2) is 13.4 Å². The van der Waals surface area contributed by atoms with Crippen LogP contribution in [0.4, 0.5) is 0 Å². The predicted molar refractivity (Wildman–Crippen MR) is 98.0 cm³/mol. The number of imidazole rings is 1. The van der Waals surface area contributed by atoms with Gasteiger partial charge in [-0.3, -0.25) is 0 Å². The summed E-state index contributed by atoms with van der Waals surface area (Å²) in [5.41, 5.74) is 8.63. The van der Waals surface area contributed by atoms with Gasteiger partial charge < -0.3 is 10.3 Å². The minimum Gasteiger partial charge on any atom is -0.330 e. The molecular formula is C19H21N3O2S. The number of sulfone groups is 1. The highest BCUT2D eigenvalue weighted by Gasteiger charge is 2.14. The van der Waals surface area contributed by atoms with E-state index in [0.717, 1.165) is 22.5 Å². The fraction of sp³-hybridized carbons (Fsp3) is 0.211. The number of rotatable bonds is 6. The maximum atomic E-state index is 12.0. The molecule has 0 radical (unpaired) electrons. The monoisotopic (exact) mass is 355 g/mol. The molecule has 0 amide bonds. The highest BCUT2D eigenvalue weighted by atomic mass is 32.2. The van der Waals surface area contributed by atoms with Crippen LogP contribution in [0.25, 0.3) is 0 Å². The molecule has 130 valence electrons. The van der Waals surface area contributed by atoms with Crippen LogP contribution in [0.5, 0.6) is 0 Å². The third kappa shape index (κ3) is 4.15. The van der Waals surface area contributed by atoms with Crippen molar-refractivity contribution in [2.45, 2.75) is 24.4 Å². The van der Waals surface area contributed by atoms with E-state index in [1.807, 2.05) is 35.0 Å². The van der Waals surface area contributed by atoms with Crippen molar-refractivity contribution in [2.24, 2.45) is 5.73 Å². The second-order valence-corrected chi connectivity index (χ2v) is 8.03. The smallest absolute Gasteiger partial charge is 0.175 e. The Morgan fingerprint density at radius 3 is 2.40 bits per heavy atom. The zero-order valence-corrected chi connectivity index (χ0v) is 14.9. The van der Waals surface area contributed by atoms with E-state index in [1.54, 1.807) is 18.3 Å². The molecule has 0 atom stereocenters. The van der Waals surface area contributed by atoms with Crippen LogP contribution in [0.3, 0.4) is 0 Å². The molecule has 2 N–H and O–H groups in total. The Morgan fingerprint density at radius 1 is 1.04 bits per heavy atom. The van der Waals surface area contributed by atoms with E-state index >= 15 is 0 Å². The topological polar surface area (TPSA) is 78.0 Å². The van der Waals surface area contributed by atoms with Crippen molar-refractivity contribution < 1.29 is 8.42 Å². The van der Waals surface area contributed by atoms with E-state index in [2.05, 4.69) is 17.1 Å². The van der Waals surface area contributed by atoms with Gasteiger partial charge in [-0.1, -0.05) is 42.5 Å². The lowest BCUT2D eigenvalue weighted by Gasteiger charge is -2.11. The molecule has 6 heteroatoms. The molecule has 0 aliphatic heterocycles. The van der Waals surface area contributed by atoms with Gasteiger partial charge in [-0.15, -0.1) is 0 Å². The zero-order valence-electron chi connectivity index (χ0n) is 14.1. The van der Waals surface area contributed by atoms with Crippen molar-refractivity contribution >= 4 is 9.84 Å². The van der Waals surface area contributed by atoms with Crippen molar-refractivity contribution in [3.8, 4) is 0 Å². The first-order valence-corrected chi connectivity index (χ1v) is 9.92. The average molecular weight is 355 g/mol. The maximum absolute atomic E-state index is 12.0. The largest absolute Gasteiger partial charge is 0.330 e. The Bertz CT molecular complexity index is 960. The molecule has 0 aliphatic carbocycles. The average Bonchev–Trinajstić information content (AvgIpc) is 3.02. The highest BCUT2D eigenvalue weighted by Crippen LogP contribution is 2.19. The number of nitrogens with two attached hydrogens (primary N) is 1. The summed E-state index contributed by atoms with van der Waals surface area (Å²) in [4.78, 5) is 4.77. The Morgan fingerprint density at radius 2 is 1.72 bits per heavy atom. The molecule has 5 nitrogen and oxygen atoms in total. The molecular weight excluding hydrogens is 334 g/mol. The second kappa shape index (κ2) is 7.21. The van der Waals surface area contributed by atoms with E-state index in [1.165, 1.54) is 6.26 Å². The molecule has 1 heterocycles. The second-order valence-electron chi connectivity index (χ2n) is 6.05. The molecule has 25 heavy (non-hydrogen) atoms. The normalized spacial score (nSPS) is 11.6. The van der Waals surface area contributed by atoms with Crippen molar-refractivity contribution in [3.05, 3.63) is 83.4 Å². The molecule has 2 aromatic carbocycles. The van der Waals surface area contributed by atoms with Crippen molar-refractivity contribution in [2.75, 3.05) is 6.26 Å². The molecule has 0 saturated heterocycles. The number of aromatic nitrogens is 2. The van der Waals surface area contributed by atoms with Gasteiger partial charge >= 0.3 is 0 Å². The van der Waals surface area contributed by atoms with Gasteiger partial charge in [0.25, 0.3) is 0 Å². The van der Waals surface area contributed by atoms with Gasteiger partial charge in [-0.2, -0.15) is 0 Å². The van der Waals surface area contributed by atoms with Crippen molar-refractivity contribution in [3.63, 3.8) is 0 Å². The standard InChI is InChI=1S/C19H21N3O2S/c1-25(23,24)18-5-3-2-4-17(18)12-19-21-10-11-22(19)14-16-8-6-15(13-20)7-9-16/h2-11H,12-14,20H2,1H3. The van der Waals surface area contributed by atoms with E-state index in [9.17, 15) is 8.42 Å². The predicted octanol–water partition coefficient (Wildman–Crippen LogP) is 2.38. The number of nitrogens with zero attached hydrogens (tertiary/aromatic N) is 2. The minimum atomic E-state index is -3.26. The fourth-order valence-corrected chi connectivity index (χ4v) is 3.75. The summed E-state index contributed by atoms with van der Waals surface area (Å²) in [6, 6.07) is 15.2. The Hall–Kier alpha value is -2.44. The summed E-state index contributed by atoms with van der Waals surface area (Å²) in [7, 11) is -3.26. The van der Waals surface area contributed by atoms with E-state index < -0.39 is 9.84 Å². The quantitative estimate of drug-likeness (QED) is 0.736. The van der Waals surface area contributed by atoms with Gasteiger partial charge in [0.05, 0.1) is 4.90 Å². The van der Waals surface area contributed by atoms with Crippen LogP contribution >= 0.6 is 0 Å². The maximum Gasteiger partial charge on any atom is 0.175 e. The Balaban J connectivity index is 1.85. The summed E-state index contributed by atoms with van der Waals surface area (Å²) in [5, 5.41) is 0.